The number of halogens is 3. The normalized spacial score (nSPS) is 23.1. The minimum Gasteiger partial charge on any atom is -0.485 e. The van der Waals surface area contributed by atoms with Gasteiger partial charge in [-0.25, -0.2) is 0 Å². The number of pyridine rings is 1. The Morgan fingerprint density at radius 2 is 2.07 bits per heavy atom. The Morgan fingerprint density at radius 3 is 2.75 bits per heavy atom. The van der Waals surface area contributed by atoms with E-state index >= 15 is 0 Å². The second-order valence-electron chi connectivity index (χ2n) is 7.31. The van der Waals surface area contributed by atoms with E-state index in [-0.39, 0.29) is 23.8 Å². The third kappa shape index (κ3) is 3.05. The molecule has 0 aliphatic carbocycles. The Kier molecular flexibility index (Phi) is 4.04. The zero-order chi connectivity index (χ0) is 20.3. The van der Waals surface area contributed by atoms with Crippen molar-refractivity contribution in [2.45, 2.75) is 44.5 Å². The minimum atomic E-state index is -4.86. The van der Waals surface area contributed by atoms with E-state index in [2.05, 4.69) is 9.72 Å². The van der Waals surface area contributed by atoms with Crippen LogP contribution < -0.4 is 9.47 Å². The summed E-state index contributed by atoms with van der Waals surface area (Å²) in [5.41, 5.74) is 0.337. The van der Waals surface area contributed by atoms with E-state index in [0.29, 0.717) is 11.1 Å². The summed E-state index contributed by atoms with van der Waals surface area (Å²) in [7, 11) is 0. The highest BCUT2D eigenvalue weighted by molar-refractivity contribution is 5.98. The Morgan fingerprint density at radius 1 is 1.32 bits per heavy atom. The van der Waals surface area contributed by atoms with Crippen LogP contribution in [0.3, 0.4) is 0 Å². The SMILES string of the molecule is CC1(C)Oc2ccc(OC(F)(F)F)cc2[C@@H](N2Cc3cnccc3C2=O)[C@@H]1O. The molecular formula is C19H17F3N2O4. The van der Waals surface area contributed by atoms with E-state index in [4.69, 9.17) is 4.74 Å². The van der Waals surface area contributed by atoms with Gasteiger partial charge in [0.2, 0.25) is 0 Å². The maximum Gasteiger partial charge on any atom is 0.573 e. The number of ether oxygens (including phenoxy) is 2. The van der Waals surface area contributed by atoms with Crippen LogP contribution in [0.1, 0.15) is 41.4 Å². The van der Waals surface area contributed by atoms with Gasteiger partial charge in [0.25, 0.3) is 5.91 Å². The molecule has 1 amide bonds. The van der Waals surface area contributed by atoms with Crippen LogP contribution in [0.2, 0.25) is 0 Å². The predicted octanol–water partition coefficient (Wildman–Crippen LogP) is 3.21. The van der Waals surface area contributed by atoms with E-state index in [0.717, 1.165) is 12.1 Å². The third-order valence-corrected chi connectivity index (χ3v) is 4.99. The van der Waals surface area contributed by atoms with Gasteiger partial charge < -0.3 is 19.5 Å². The summed E-state index contributed by atoms with van der Waals surface area (Å²) in [5.74, 6) is -0.485. The van der Waals surface area contributed by atoms with Gasteiger partial charge in [0.1, 0.15) is 23.2 Å². The summed E-state index contributed by atoms with van der Waals surface area (Å²) >= 11 is 0. The zero-order valence-corrected chi connectivity index (χ0v) is 15.0. The number of carbonyl (C=O) groups is 1. The lowest BCUT2D eigenvalue weighted by atomic mass is 9.85. The van der Waals surface area contributed by atoms with Crippen molar-refractivity contribution < 1.29 is 32.5 Å². The summed E-state index contributed by atoms with van der Waals surface area (Å²) in [6.07, 6.45) is -2.97. The number of hydrogen-bond donors (Lipinski definition) is 1. The van der Waals surface area contributed by atoms with Gasteiger partial charge in [-0.3, -0.25) is 9.78 Å². The molecule has 0 radical (unpaired) electrons. The van der Waals surface area contributed by atoms with Crippen LogP contribution in [0.15, 0.2) is 36.7 Å². The molecule has 9 heteroatoms. The first-order valence-corrected chi connectivity index (χ1v) is 8.57. The number of aromatic nitrogens is 1. The van der Waals surface area contributed by atoms with Gasteiger partial charge in [-0.05, 0) is 38.1 Å². The lowest BCUT2D eigenvalue weighted by Crippen LogP contribution is -2.53. The van der Waals surface area contributed by atoms with E-state index in [9.17, 15) is 23.1 Å². The molecule has 2 atom stereocenters. The molecule has 28 heavy (non-hydrogen) atoms. The average Bonchev–Trinajstić information content (AvgIpc) is 2.92. The van der Waals surface area contributed by atoms with Crippen molar-refractivity contribution in [3.8, 4) is 11.5 Å². The highest BCUT2D eigenvalue weighted by atomic mass is 19.4. The lowest BCUT2D eigenvalue weighted by molar-refractivity contribution is -0.274. The molecule has 0 saturated heterocycles. The van der Waals surface area contributed by atoms with E-state index in [1.807, 2.05) is 0 Å². The molecule has 148 valence electrons. The standard InChI is InChI=1S/C19H17F3N2O4/c1-18(2)16(25)15(24-9-10-8-23-6-5-12(10)17(24)26)13-7-11(27-19(20,21)22)3-4-14(13)28-18/h3-8,15-16,25H,9H2,1-2H3/t15-,16+/m1/s1. The van der Waals surface area contributed by atoms with Crippen molar-refractivity contribution >= 4 is 5.91 Å². The number of fused-ring (bicyclic) bond motifs is 2. The number of nitrogens with zero attached hydrogens (tertiary/aromatic N) is 2. The summed E-state index contributed by atoms with van der Waals surface area (Å²) < 4.78 is 47.7. The van der Waals surface area contributed by atoms with Crippen LogP contribution in [0.5, 0.6) is 11.5 Å². The van der Waals surface area contributed by atoms with Gasteiger partial charge in [0, 0.05) is 35.6 Å². The van der Waals surface area contributed by atoms with Crippen molar-refractivity contribution in [1.82, 2.24) is 9.88 Å². The molecule has 1 aromatic carbocycles. The average molecular weight is 394 g/mol. The van der Waals surface area contributed by atoms with Crippen LogP contribution in [0.4, 0.5) is 13.2 Å². The smallest absolute Gasteiger partial charge is 0.485 e. The third-order valence-electron chi connectivity index (χ3n) is 4.99. The van der Waals surface area contributed by atoms with E-state index < -0.39 is 29.9 Å². The van der Waals surface area contributed by atoms with Gasteiger partial charge in [-0.15, -0.1) is 13.2 Å². The molecule has 0 fully saturated rings. The van der Waals surface area contributed by atoms with Gasteiger partial charge >= 0.3 is 6.36 Å². The monoisotopic (exact) mass is 394 g/mol. The van der Waals surface area contributed by atoms with Gasteiger partial charge in [-0.2, -0.15) is 0 Å². The fourth-order valence-corrected chi connectivity index (χ4v) is 3.68. The number of amides is 1. The number of aliphatic hydroxyl groups is 1. The summed E-state index contributed by atoms with van der Waals surface area (Å²) in [6.45, 7) is 3.50. The van der Waals surface area contributed by atoms with Crippen LogP contribution in [-0.2, 0) is 6.54 Å². The molecule has 1 aromatic heterocycles. The number of alkyl halides is 3. The molecule has 0 bridgehead atoms. The maximum absolute atomic E-state index is 12.9. The van der Waals surface area contributed by atoms with Crippen LogP contribution in [-0.4, -0.2) is 39.0 Å². The molecule has 1 N–H and O–H groups in total. The molecule has 0 unspecified atom stereocenters. The number of hydrogen-bond acceptors (Lipinski definition) is 5. The van der Waals surface area contributed by atoms with Gasteiger partial charge in [0.05, 0.1) is 6.04 Å². The Labute approximate surface area is 158 Å². The number of rotatable bonds is 2. The summed E-state index contributed by atoms with van der Waals surface area (Å²) in [5, 5.41) is 10.9. The van der Waals surface area contributed by atoms with Crippen molar-refractivity contribution in [2.24, 2.45) is 0 Å². The second kappa shape index (κ2) is 6.10. The quantitative estimate of drug-likeness (QED) is 0.847. The first kappa shape index (κ1) is 18.5. The predicted molar refractivity (Wildman–Crippen MR) is 90.7 cm³/mol. The Balaban J connectivity index is 1.79. The number of benzene rings is 1. The Bertz CT molecular complexity index is 945. The van der Waals surface area contributed by atoms with Crippen molar-refractivity contribution in [3.05, 3.63) is 53.3 Å². The molecule has 0 spiro atoms. The number of carbonyl (C=O) groups excluding carboxylic acids is 1. The fourth-order valence-electron chi connectivity index (χ4n) is 3.68. The van der Waals surface area contributed by atoms with Gasteiger partial charge in [-0.1, -0.05) is 0 Å². The summed E-state index contributed by atoms with van der Waals surface area (Å²) in [4.78, 5) is 18.3. The van der Waals surface area contributed by atoms with Crippen molar-refractivity contribution in [3.63, 3.8) is 0 Å². The molecule has 2 aliphatic heterocycles. The van der Waals surface area contributed by atoms with Crippen LogP contribution in [0, 0.1) is 0 Å². The zero-order valence-electron chi connectivity index (χ0n) is 15.0. The molecule has 6 nitrogen and oxygen atoms in total. The van der Waals surface area contributed by atoms with E-state index in [1.165, 1.54) is 17.2 Å². The lowest BCUT2D eigenvalue weighted by Gasteiger charge is -2.45. The van der Waals surface area contributed by atoms with Crippen molar-refractivity contribution in [1.29, 1.82) is 0 Å². The first-order chi connectivity index (χ1) is 13.1. The molecule has 2 aromatic rings. The largest absolute Gasteiger partial charge is 0.573 e. The van der Waals surface area contributed by atoms with Crippen LogP contribution in [0.25, 0.3) is 0 Å². The van der Waals surface area contributed by atoms with Crippen molar-refractivity contribution in [2.75, 3.05) is 0 Å². The fraction of sp³-hybridized carbons (Fsp3) is 0.368. The highest BCUT2D eigenvalue weighted by Crippen LogP contribution is 2.46. The summed E-state index contributed by atoms with van der Waals surface area (Å²) in [6, 6.07) is 4.32. The van der Waals surface area contributed by atoms with E-state index in [1.54, 1.807) is 26.1 Å². The highest BCUT2D eigenvalue weighted by Gasteiger charge is 2.48. The molecular weight excluding hydrogens is 377 g/mol. The van der Waals surface area contributed by atoms with Crippen LogP contribution >= 0.6 is 0 Å². The molecule has 2 aliphatic rings. The molecule has 0 saturated carbocycles. The molecule has 4 rings (SSSR count). The topological polar surface area (TPSA) is 71.9 Å². The number of aliphatic hydroxyl groups excluding tert-OH is 1. The first-order valence-electron chi connectivity index (χ1n) is 8.57. The second-order valence-corrected chi connectivity index (χ2v) is 7.31. The van der Waals surface area contributed by atoms with Gasteiger partial charge in [0.15, 0.2) is 0 Å². The Hall–Kier alpha value is -2.81. The molecule has 3 heterocycles. The maximum atomic E-state index is 12.9. The minimum absolute atomic E-state index is 0.184.